The molecule has 0 aliphatic carbocycles. The average molecular weight is 325 g/mol. The summed E-state index contributed by atoms with van der Waals surface area (Å²) in [5.41, 5.74) is 0.194. The molecule has 0 spiro atoms. The number of rotatable bonds is 6. The fraction of sp³-hybridized carbons (Fsp3) is 0.417. The molecule has 1 N–H and O–H groups in total. The molecule has 118 valence electrons. The molecule has 21 heavy (non-hydrogen) atoms. The average Bonchev–Trinajstić information content (AvgIpc) is 2.34. The number of hydrogen-bond donors (Lipinski definition) is 1. The van der Waals surface area contributed by atoms with Gasteiger partial charge in [-0.3, -0.25) is 0 Å². The van der Waals surface area contributed by atoms with E-state index < -0.39 is 34.5 Å². The largest absolute Gasteiger partial charge is 0.478 e. The Morgan fingerprint density at radius 2 is 1.76 bits per heavy atom. The van der Waals surface area contributed by atoms with Crippen molar-refractivity contribution in [2.75, 3.05) is 13.1 Å². The number of halogens is 3. The van der Waals surface area contributed by atoms with Crippen LogP contribution in [0.5, 0.6) is 0 Å². The van der Waals surface area contributed by atoms with Crippen molar-refractivity contribution in [2.24, 2.45) is 0 Å². The number of carbonyl (C=O) groups is 1. The van der Waals surface area contributed by atoms with E-state index in [2.05, 4.69) is 0 Å². The Hall–Kier alpha value is -1.61. The Balaban J connectivity index is 2.90. The van der Waals surface area contributed by atoms with Crippen molar-refractivity contribution < 1.29 is 31.5 Å². The van der Waals surface area contributed by atoms with Crippen LogP contribution >= 0.6 is 0 Å². The van der Waals surface area contributed by atoms with E-state index in [0.717, 1.165) is 0 Å². The predicted molar refractivity (Wildman–Crippen MR) is 69.3 cm³/mol. The van der Waals surface area contributed by atoms with E-state index in [9.17, 15) is 26.4 Å². The summed E-state index contributed by atoms with van der Waals surface area (Å²) in [6, 6.07) is 4.94. The van der Waals surface area contributed by atoms with Gasteiger partial charge in [0.2, 0.25) is 10.0 Å². The van der Waals surface area contributed by atoms with Crippen molar-refractivity contribution >= 4 is 16.0 Å². The maximum Gasteiger partial charge on any atom is 0.402 e. The minimum absolute atomic E-state index is 0.0289. The van der Waals surface area contributed by atoms with Crippen molar-refractivity contribution in [1.82, 2.24) is 4.31 Å². The molecule has 0 amide bonds. The van der Waals surface area contributed by atoms with E-state index in [-0.39, 0.29) is 17.7 Å². The third-order valence-electron chi connectivity index (χ3n) is 2.65. The molecule has 5 nitrogen and oxygen atoms in total. The maximum absolute atomic E-state index is 12.3. The van der Waals surface area contributed by atoms with E-state index in [0.29, 0.717) is 4.31 Å². The first-order valence-corrected chi connectivity index (χ1v) is 7.53. The lowest BCUT2D eigenvalue weighted by molar-refractivity contribution is -0.135. The highest BCUT2D eigenvalue weighted by atomic mass is 32.2. The number of aromatic carboxylic acids is 1. The van der Waals surface area contributed by atoms with Crippen LogP contribution in [0, 0.1) is 0 Å². The van der Waals surface area contributed by atoms with Crippen LogP contribution in [0.4, 0.5) is 13.2 Å². The summed E-state index contributed by atoms with van der Waals surface area (Å²) in [7, 11) is -4.13. The lowest BCUT2D eigenvalue weighted by Crippen LogP contribution is -2.39. The van der Waals surface area contributed by atoms with Crippen LogP contribution < -0.4 is 0 Å². The number of hydrogen-bond acceptors (Lipinski definition) is 3. The molecule has 0 saturated carbocycles. The molecule has 0 heterocycles. The SMILES string of the molecule is CCN(CC(F)(F)F)S(=O)(=O)Cc1ccc(C(=O)O)cc1. The van der Waals surface area contributed by atoms with Crippen LogP contribution in [0.2, 0.25) is 0 Å². The molecule has 0 aromatic heterocycles. The molecule has 0 aliphatic rings. The molecular weight excluding hydrogens is 311 g/mol. The third-order valence-corrected chi connectivity index (χ3v) is 4.52. The Kier molecular flexibility index (Phi) is 5.35. The zero-order valence-electron chi connectivity index (χ0n) is 11.1. The van der Waals surface area contributed by atoms with E-state index in [1.807, 2.05) is 0 Å². The molecule has 0 saturated heterocycles. The van der Waals surface area contributed by atoms with Gasteiger partial charge in [-0.2, -0.15) is 17.5 Å². The number of alkyl halides is 3. The lowest BCUT2D eigenvalue weighted by atomic mass is 10.1. The normalized spacial score (nSPS) is 12.6. The highest BCUT2D eigenvalue weighted by molar-refractivity contribution is 7.88. The number of sulfonamides is 1. The van der Waals surface area contributed by atoms with Gasteiger partial charge in [0.1, 0.15) is 6.54 Å². The van der Waals surface area contributed by atoms with Crippen LogP contribution in [-0.4, -0.2) is 43.1 Å². The van der Waals surface area contributed by atoms with Crippen molar-refractivity contribution in [2.45, 2.75) is 18.9 Å². The van der Waals surface area contributed by atoms with Gasteiger partial charge < -0.3 is 5.11 Å². The molecule has 0 unspecified atom stereocenters. The Morgan fingerprint density at radius 3 is 2.14 bits per heavy atom. The van der Waals surface area contributed by atoms with Crippen LogP contribution in [0.15, 0.2) is 24.3 Å². The summed E-state index contributed by atoms with van der Waals surface area (Å²) in [4.78, 5) is 10.7. The second-order valence-corrected chi connectivity index (χ2v) is 6.27. The summed E-state index contributed by atoms with van der Waals surface area (Å²) >= 11 is 0. The van der Waals surface area contributed by atoms with Crippen LogP contribution in [0.3, 0.4) is 0 Å². The Labute approximate surface area is 120 Å². The van der Waals surface area contributed by atoms with E-state index in [4.69, 9.17) is 5.11 Å². The smallest absolute Gasteiger partial charge is 0.402 e. The van der Waals surface area contributed by atoms with E-state index in [1.54, 1.807) is 0 Å². The van der Waals surface area contributed by atoms with Gasteiger partial charge in [0.15, 0.2) is 0 Å². The zero-order valence-corrected chi connectivity index (χ0v) is 11.9. The molecule has 0 aliphatic heterocycles. The maximum atomic E-state index is 12.3. The molecule has 1 rings (SSSR count). The van der Waals surface area contributed by atoms with Gasteiger partial charge >= 0.3 is 12.1 Å². The van der Waals surface area contributed by atoms with E-state index >= 15 is 0 Å². The molecule has 0 bridgehead atoms. The van der Waals surface area contributed by atoms with Gasteiger partial charge in [-0.05, 0) is 17.7 Å². The van der Waals surface area contributed by atoms with Crippen molar-refractivity contribution in [3.8, 4) is 0 Å². The number of benzene rings is 1. The summed E-state index contributed by atoms with van der Waals surface area (Å²) in [5, 5.41) is 8.71. The first-order valence-electron chi connectivity index (χ1n) is 5.92. The third kappa shape index (κ3) is 5.35. The number of nitrogens with zero attached hydrogens (tertiary/aromatic N) is 1. The minimum Gasteiger partial charge on any atom is -0.478 e. The number of carboxylic acid groups (broad SMARTS) is 1. The van der Waals surface area contributed by atoms with Gasteiger partial charge in [-0.25, -0.2) is 13.2 Å². The summed E-state index contributed by atoms with van der Waals surface area (Å²) in [5.74, 6) is -1.78. The first kappa shape index (κ1) is 17.4. The van der Waals surface area contributed by atoms with Gasteiger partial charge in [0.05, 0.1) is 11.3 Å². The fourth-order valence-electron chi connectivity index (χ4n) is 1.65. The molecule has 0 radical (unpaired) electrons. The van der Waals surface area contributed by atoms with Crippen molar-refractivity contribution in [1.29, 1.82) is 0 Å². The van der Waals surface area contributed by atoms with E-state index in [1.165, 1.54) is 31.2 Å². The minimum atomic E-state index is -4.61. The van der Waals surface area contributed by atoms with Gasteiger partial charge in [-0.15, -0.1) is 0 Å². The monoisotopic (exact) mass is 325 g/mol. The highest BCUT2D eigenvalue weighted by Crippen LogP contribution is 2.20. The fourth-order valence-corrected chi connectivity index (χ4v) is 3.19. The van der Waals surface area contributed by atoms with Crippen LogP contribution in [0.1, 0.15) is 22.8 Å². The topological polar surface area (TPSA) is 74.7 Å². The van der Waals surface area contributed by atoms with Crippen molar-refractivity contribution in [3.05, 3.63) is 35.4 Å². The summed E-state index contributed by atoms with van der Waals surface area (Å²) in [6.07, 6.45) is -4.61. The molecule has 1 aromatic rings. The summed E-state index contributed by atoms with van der Waals surface area (Å²) in [6.45, 7) is -0.523. The standard InChI is InChI=1S/C12H14F3NO4S/c1-2-16(8-12(13,14)15)21(19,20)7-9-3-5-10(6-4-9)11(17)18/h3-6H,2,7-8H2,1H3,(H,17,18). The molecule has 9 heteroatoms. The second kappa shape index (κ2) is 6.44. The molecule has 0 fully saturated rings. The highest BCUT2D eigenvalue weighted by Gasteiger charge is 2.35. The second-order valence-electron chi connectivity index (χ2n) is 4.30. The predicted octanol–water partition coefficient (Wildman–Crippen LogP) is 2.10. The van der Waals surface area contributed by atoms with Crippen LogP contribution in [0.25, 0.3) is 0 Å². The molecule has 1 aromatic carbocycles. The van der Waals surface area contributed by atoms with Gasteiger partial charge in [0, 0.05) is 6.54 Å². The Morgan fingerprint density at radius 1 is 1.24 bits per heavy atom. The van der Waals surface area contributed by atoms with Crippen molar-refractivity contribution in [3.63, 3.8) is 0 Å². The van der Waals surface area contributed by atoms with Gasteiger partial charge in [-0.1, -0.05) is 19.1 Å². The first-order chi connectivity index (χ1) is 9.55. The lowest BCUT2D eigenvalue weighted by Gasteiger charge is -2.21. The Bertz CT molecular complexity index is 596. The van der Waals surface area contributed by atoms with Gasteiger partial charge in [0.25, 0.3) is 0 Å². The zero-order chi connectivity index (χ0) is 16.3. The molecular formula is C12H14F3NO4S. The number of carboxylic acids is 1. The quantitative estimate of drug-likeness (QED) is 0.869. The molecule has 0 atom stereocenters. The summed E-state index contributed by atoms with van der Waals surface area (Å²) < 4.78 is 61.2. The van der Waals surface area contributed by atoms with Crippen LogP contribution in [-0.2, 0) is 15.8 Å².